The summed E-state index contributed by atoms with van der Waals surface area (Å²) in [5.74, 6) is 0. The molecule has 0 bridgehead atoms. The SMILES string of the molecule is O/N=C(/c1ccccc1)C(F)F. The van der Waals surface area contributed by atoms with Gasteiger partial charge in [-0.15, -0.1) is 0 Å². The molecule has 2 nitrogen and oxygen atoms in total. The van der Waals surface area contributed by atoms with Crippen molar-refractivity contribution in [3.05, 3.63) is 35.9 Å². The molecule has 0 amide bonds. The predicted octanol–water partition coefficient (Wildman–Crippen LogP) is 2.13. The van der Waals surface area contributed by atoms with E-state index in [0.717, 1.165) is 0 Å². The van der Waals surface area contributed by atoms with Crippen molar-refractivity contribution in [2.75, 3.05) is 0 Å². The Labute approximate surface area is 68.1 Å². The molecule has 0 atom stereocenters. The van der Waals surface area contributed by atoms with Crippen molar-refractivity contribution < 1.29 is 14.0 Å². The lowest BCUT2D eigenvalue weighted by Gasteiger charge is -2.01. The number of benzene rings is 1. The summed E-state index contributed by atoms with van der Waals surface area (Å²) in [7, 11) is 0. The molecule has 0 spiro atoms. The minimum atomic E-state index is -2.75. The molecule has 0 aliphatic heterocycles. The van der Waals surface area contributed by atoms with Crippen LogP contribution in [0.4, 0.5) is 8.78 Å². The van der Waals surface area contributed by atoms with E-state index in [1.807, 2.05) is 0 Å². The van der Waals surface area contributed by atoms with Crippen LogP contribution in [-0.4, -0.2) is 17.3 Å². The highest BCUT2D eigenvalue weighted by molar-refractivity contribution is 6.02. The van der Waals surface area contributed by atoms with E-state index in [0.29, 0.717) is 0 Å². The fraction of sp³-hybridized carbons (Fsp3) is 0.125. The van der Waals surface area contributed by atoms with Gasteiger partial charge < -0.3 is 5.21 Å². The molecular formula is C8H7F2NO. The average Bonchev–Trinajstić information content (AvgIpc) is 2.07. The van der Waals surface area contributed by atoms with Crippen molar-refractivity contribution >= 4 is 5.71 Å². The lowest BCUT2D eigenvalue weighted by atomic mass is 10.1. The number of rotatable bonds is 2. The zero-order valence-corrected chi connectivity index (χ0v) is 6.11. The number of hydrogen-bond acceptors (Lipinski definition) is 2. The number of halogens is 2. The summed E-state index contributed by atoms with van der Waals surface area (Å²) < 4.78 is 24.2. The first kappa shape index (κ1) is 8.64. The normalized spacial score (nSPS) is 12.1. The second kappa shape index (κ2) is 3.80. The Kier molecular flexibility index (Phi) is 2.74. The summed E-state index contributed by atoms with van der Waals surface area (Å²) >= 11 is 0. The fourth-order valence-electron chi connectivity index (χ4n) is 0.836. The van der Waals surface area contributed by atoms with Gasteiger partial charge >= 0.3 is 0 Å². The topological polar surface area (TPSA) is 32.6 Å². The minimum Gasteiger partial charge on any atom is -0.410 e. The third-order valence-electron chi connectivity index (χ3n) is 1.38. The van der Waals surface area contributed by atoms with Gasteiger partial charge in [-0.2, -0.15) is 0 Å². The van der Waals surface area contributed by atoms with Crippen LogP contribution >= 0.6 is 0 Å². The first-order chi connectivity index (χ1) is 5.75. The van der Waals surface area contributed by atoms with Crippen LogP contribution in [0.1, 0.15) is 5.56 Å². The van der Waals surface area contributed by atoms with Gasteiger partial charge in [0.25, 0.3) is 6.43 Å². The first-order valence-corrected chi connectivity index (χ1v) is 3.31. The molecule has 0 fully saturated rings. The first-order valence-electron chi connectivity index (χ1n) is 3.31. The molecule has 12 heavy (non-hydrogen) atoms. The number of hydrogen-bond donors (Lipinski definition) is 1. The highest BCUT2D eigenvalue weighted by Crippen LogP contribution is 2.07. The smallest absolute Gasteiger partial charge is 0.284 e. The molecule has 1 aromatic rings. The van der Waals surface area contributed by atoms with E-state index in [4.69, 9.17) is 5.21 Å². The second-order valence-electron chi connectivity index (χ2n) is 2.15. The number of oxime groups is 1. The van der Waals surface area contributed by atoms with Gasteiger partial charge in [0, 0.05) is 5.56 Å². The van der Waals surface area contributed by atoms with E-state index in [1.54, 1.807) is 18.2 Å². The van der Waals surface area contributed by atoms with E-state index in [-0.39, 0.29) is 5.56 Å². The summed E-state index contributed by atoms with van der Waals surface area (Å²) in [6.45, 7) is 0. The monoisotopic (exact) mass is 171 g/mol. The summed E-state index contributed by atoms with van der Waals surface area (Å²) in [5, 5.41) is 10.8. The van der Waals surface area contributed by atoms with Crippen molar-refractivity contribution in [3.63, 3.8) is 0 Å². The third-order valence-corrected chi connectivity index (χ3v) is 1.38. The number of alkyl halides is 2. The highest BCUT2D eigenvalue weighted by Gasteiger charge is 2.15. The van der Waals surface area contributed by atoms with Crippen molar-refractivity contribution in [1.82, 2.24) is 0 Å². The Balaban J connectivity index is 2.97. The van der Waals surface area contributed by atoms with Crippen LogP contribution in [0.25, 0.3) is 0 Å². The van der Waals surface area contributed by atoms with Crippen LogP contribution in [0.2, 0.25) is 0 Å². The van der Waals surface area contributed by atoms with E-state index >= 15 is 0 Å². The van der Waals surface area contributed by atoms with E-state index in [2.05, 4.69) is 5.16 Å². The molecular weight excluding hydrogens is 164 g/mol. The van der Waals surface area contributed by atoms with Crippen molar-refractivity contribution in [2.45, 2.75) is 6.43 Å². The second-order valence-corrected chi connectivity index (χ2v) is 2.15. The van der Waals surface area contributed by atoms with Gasteiger partial charge in [-0.05, 0) is 0 Å². The Morgan fingerprint density at radius 3 is 2.25 bits per heavy atom. The van der Waals surface area contributed by atoms with Gasteiger partial charge in [0.05, 0.1) is 0 Å². The average molecular weight is 171 g/mol. The zero-order valence-electron chi connectivity index (χ0n) is 6.11. The Morgan fingerprint density at radius 1 is 1.25 bits per heavy atom. The minimum absolute atomic E-state index is 0.231. The Bertz CT molecular complexity index is 272. The maximum absolute atomic E-state index is 12.1. The molecule has 0 radical (unpaired) electrons. The summed E-state index contributed by atoms with van der Waals surface area (Å²) in [4.78, 5) is 0. The van der Waals surface area contributed by atoms with Crippen LogP contribution in [0, 0.1) is 0 Å². The van der Waals surface area contributed by atoms with E-state index < -0.39 is 12.1 Å². The quantitative estimate of drug-likeness (QED) is 0.412. The van der Waals surface area contributed by atoms with Gasteiger partial charge in [0.15, 0.2) is 5.71 Å². The molecule has 0 aliphatic carbocycles. The Hall–Kier alpha value is -1.45. The summed E-state index contributed by atoms with van der Waals surface area (Å²) in [6, 6.07) is 7.82. The molecule has 0 aliphatic rings. The maximum Gasteiger partial charge on any atom is 0.284 e. The molecule has 0 heterocycles. The molecule has 0 saturated heterocycles. The molecule has 0 unspecified atom stereocenters. The van der Waals surface area contributed by atoms with E-state index in [9.17, 15) is 8.78 Å². The van der Waals surface area contributed by atoms with Gasteiger partial charge in [0.1, 0.15) is 0 Å². The molecule has 0 saturated carbocycles. The zero-order chi connectivity index (χ0) is 8.97. The van der Waals surface area contributed by atoms with Gasteiger partial charge in [-0.3, -0.25) is 0 Å². The summed E-state index contributed by atoms with van der Waals surface area (Å²) in [5.41, 5.74) is -0.370. The van der Waals surface area contributed by atoms with Crippen LogP contribution in [-0.2, 0) is 0 Å². The Morgan fingerprint density at radius 2 is 1.83 bits per heavy atom. The maximum atomic E-state index is 12.1. The van der Waals surface area contributed by atoms with Gasteiger partial charge in [0.2, 0.25) is 0 Å². The van der Waals surface area contributed by atoms with Crippen molar-refractivity contribution in [3.8, 4) is 0 Å². The standard InChI is InChI=1S/C8H7F2NO/c9-8(10)7(11-12)6-4-2-1-3-5-6/h1-5,8,12H/b11-7-. The van der Waals surface area contributed by atoms with Crippen LogP contribution in [0.3, 0.4) is 0 Å². The van der Waals surface area contributed by atoms with Crippen LogP contribution < -0.4 is 0 Å². The fourth-order valence-corrected chi connectivity index (χ4v) is 0.836. The van der Waals surface area contributed by atoms with Gasteiger partial charge in [-0.1, -0.05) is 35.5 Å². The summed E-state index contributed by atoms with van der Waals surface area (Å²) in [6.07, 6.45) is -2.75. The van der Waals surface area contributed by atoms with E-state index in [1.165, 1.54) is 12.1 Å². The highest BCUT2D eigenvalue weighted by atomic mass is 19.3. The predicted molar refractivity (Wildman–Crippen MR) is 40.8 cm³/mol. The lowest BCUT2D eigenvalue weighted by Crippen LogP contribution is -2.11. The molecule has 4 heteroatoms. The lowest BCUT2D eigenvalue weighted by molar-refractivity contribution is 0.215. The number of nitrogens with zero attached hydrogens (tertiary/aromatic N) is 1. The van der Waals surface area contributed by atoms with Crippen LogP contribution in [0.15, 0.2) is 35.5 Å². The molecule has 1 N–H and O–H groups in total. The molecule has 1 aromatic carbocycles. The van der Waals surface area contributed by atoms with Crippen molar-refractivity contribution in [2.24, 2.45) is 5.16 Å². The molecule has 1 rings (SSSR count). The third kappa shape index (κ3) is 1.78. The molecule has 0 aromatic heterocycles. The van der Waals surface area contributed by atoms with Crippen LogP contribution in [0.5, 0.6) is 0 Å². The van der Waals surface area contributed by atoms with Gasteiger partial charge in [-0.25, -0.2) is 8.78 Å². The molecule has 64 valence electrons. The van der Waals surface area contributed by atoms with Crippen molar-refractivity contribution in [1.29, 1.82) is 0 Å². The largest absolute Gasteiger partial charge is 0.410 e.